The molecule has 0 aliphatic heterocycles. The molecule has 1 amide bonds. The maximum absolute atomic E-state index is 12.4. The van der Waals surface area contributed by atoms with Crippen LogP contribution in [0.5, 0.6) is 0 Å². The molecule has 162 valence electrons. The molecule has 0 aliphatic rings. The number of benzene rings is 3. The third-order valence-corrected chi connectivity index (χ3v) is 6.00. The Morgan fingerprint density at radius 3 is 2.59 bits per heavy atom. The van der Waals surface area contributed by atoms with Gasteiger partial charge in [-0.2, -0.15) is 5.10 Å². The number of aryl methyl sites for hydroxylation is 2. The van der Waals surface area contributed by atoms with Gasteiger partial charge in [-0.15, -0.1) is 0 Å². The SMILES string of the molecule is Cc1ccc(CC(=O)N/N=C/c2cn(Cc3ccc(Cl)cc3Cl)c3ccccc23)c(C)c1. The Kier molecular flexibility index (Phi) is 6.63. The van der Waals surface area contributed by atoms with Crippen LogP contribution in [0.4, 0.5) is 0 Å². The largest absolute Gasteiger partial charge is 0.342 e. The summed E-state index contributed by atoms with van der Waals surface area (Å²) in [5, 5.41) is 6.49. The van der Waals surface area contributed by atoms with Crippen LogP contribution in [-0.2, 0) is 17.8 Å². The number of amides is 1. The lowest BCUT2D eigenvalue weighted by Crippen LogP contribution is -2.20. The van der Waals surface area contributed by atoms with E-state index < -0.39 is 0 Å². The quantitative estimate of drug-likeness (QED) is 0.264. The van der Waals surface area contributed by atoms with Crippen molar-refractivity contribution in [3.8, 4) is 0 Å². The molecule has 3 aromatic carbocycles. The second-order valence-corrected chi connectivity index (χ2v) is 8.71. The molecule has 0 fully saturated rings. The van der Waals surface area contributed by atoms with E-state index in [1.165, 1.54) is 5.56 Å². The summed E-state index contributed by atoms with van der Waals surface area (Å²) in [4.78, 5) is 12.4. The smallest absolute Gasteiger partial charge is 0.244 e. The van der Waals surface area contributed by atoms with E-state index in [0.29, 0.717) is 23.0 Å². The Bertz CT molecular complexity index is 1320. The number of rotatable bonds is 6. The molecule has 0 unspecified atom stereocenters. The van der Waals surface area contributed by atoms with E-state index >= 15 is 0 Å². The van der Waals surface area contributed by atoms with E-state index in [9.17, 15) is 4.79 Å². The minimum atomic E-state index is -0.148. The highest BCUT2D eigenvalue weighted by molar-refractivity contribution is 6.35. The predicted octanol–water partition coefficient (Wildman–Crippen LogP) is 6.31. The van der Waals surface area contributed by atoms with Gasteiger partial charge >= 0.3 is 0 Å². The molecule has 0 saturated carbocycles. The molecular formula is C26H23Cl2N3O. The van der Waals surface area contributed by atoms with Gasteiger partial charge in [-0.05, 0) is 48.7 Å². The lowest BCUT2D eigenvalue weighted by molar-refractivity contribution is -0.120. The van der Waals surface area contributed by atoms with Gasteiger partial charge in [-0.3, -0.25) is 4.79 Å². The zero-order chi connectivity index (χ0) is 22.7. The Balaban J connectivity index is 1.51. The Labute approximate surface area is 197 Å². The minimum Gasteiger partial charge on any atom is -0.342 e. The third kappa shape index (κ3) is 5.04. The lowest BCUT2D eigenvalue weighted by Gasteiger charge is -2.08. The highest BCUT2D eigenvalue weighted by atomic mass is 35.5. The molecule has 4 nitrogen and oxygen atoms in total. The molecule has 0 bridgehead atoms. The first-order chi connectivity index (χ1) is 15.4. The zero-order valence-corrected chi connectivity index (χ0v) is 19.4. The monoisotopic (exact) mass is 463 g/mol. The number of nitrogens with zero attached hydrogens (tertiary/aromatic N) is 2. The molecule has 4 aromatic rings. The van der Waals surface area contributed by atoms with Gasteiger partial charge in [0, 0.05) is 39.3 Å². The van der Waals surface area contributed by atoms with Gasteiger partial charge in [-0.1, -0.05) is 71.2 Å². The van der Waals surface area contributed by atoms with Crippen molar-refractivity contribution in [3.05, 3.63) is 105 Å². The summed E-state index contributed by atoms with van der Waals surface area (Å²) < 4.78 is 2.11. The number of carbonyl (C=O) groups is 1. The van der Waals surface area contributed by atoms with Crippen molar-refractivity contribution in [1.82, 2.24) is 9.99 Å². The molecule has 0 saturated heterocycles. The first kappa shape index (κ1) is 22.1. The van der Waals surface area contributed by atoms with E-state index in [0.717, 1.165) is 33.2 Å². The molecule has 1 heterocycles. The maximum Gasteiger partial charge on any atom is 0.244 e. The summed E-state index contributed by atoms with van der Waals surface area (Å²) in [6, 6.07) is 19.7. The molecule has 0 atom stereocenters. The molecule has 1 N–H and O–H groups in total. The van der Waals surface area contributed by atoms with Crippen LogP contribution >= 0.6 is 23.2 Å². The number of fused-ring (bicyclic) bond motifs is 1. The topological polar surface area (TPSA) is 46.4 Å². The van der Waals surface area contributed by atoms with Crippen molar-refractivity contribution in [2.45, 2.75) is 26.8 Å². The van der Waals surface area contributed by atoms with Crippen molar-refractivity contribution >= 4 is 46.2 Å². The van der Waals surface area contributed by atoms with Gasteiger partial charge in [0.2, 0.25) is 5.91 Å². The Morgan fingerprint density at radius 1 is 1.03 bits per heavy atom. The molecule has 0 spiro atoms. The van der Waals surface area contributed by atoms with Crippen molar-refractivity contribution in [1.29, 1.82) is 0 Å². The number of halogens is 2. The first-order valence-corrected chi connectivity index (χ1v) is 11.1. The van der Waals surface area contributed by atoms with Crippen LogP contribution in [0.15, 0.2) is 72.0 Å². The summed E-state index contributed by atoms with van der Waals surface area (Å²) in [5.41, 5.74) is 8.88. The van der Waals surface area contributed by atoms with E-state index in [1.807, 2.05) is 62.5 Å². The predicted molar refractivity (Wildman–Crippen MR) is 133 cm³/mol. The third-order valence-electron chi connectivity index (χ3n) is 5.42. The molecule has 6 heteroatoms. The second kappa shape index (κ2) is 9.60. The van der Waals surface area contributed by atoms with Gasteiger partial charge in [0.1, 0.15) is 0 Å². The number of hydrogen-bond acceptors (Lipinski definition) is 2. The first-order valence-electron chi connectivity index (χ1n) is 10.3. The fourth-order valence-corrected chi connectivity index (χ4v) is 4.24. The minimum absolute atomic E-state index is 0.148. The number of aromatic nitrogens is 1. The average Bonchev–Trinajstić information content (AvgIpc) is 3.10. The Morgan fingerprint density at radius 2 is 1.81 bits per heavy atom. The van der Waals surface area contributed by atoms with Crippen molar-refractivity contribution in [2.24, 2.45) is 5.10 Å². The Hall–Kier alpha value is -3.08. The highest BCUT2D eigenvalue weighted by Gasteiger charge is 2.10. The molecular weight excluding hydrogens is 441 g/mol. The lowest BCUT2D eigenvalue weighted by atomic mass is 10.0. The van der Waals surface area contributed by atoms with Crippen LogP contribution in [0.1, 0.15) is 27.8 Å². The van der Waals surface area contributed by atoms with Gasteiger partial charge in [0.25, 0.3) is 0 Å². The number of carbonyl (C=O) groups excluding carboxylic acids is 1. The van der Waals surface area contributed by atoms with Crippen LogP contribution in [0.25, 0.3) is 10.9 Å². The van der Waals surface area contributed by atoms with Gasteiger partial charge in [-0.25, -0.2) is 5.43 Å². The van der Waals surface area contributed by atoms with Crippen molar-refractivity contribution in [2.75, 3.05) is 0 Å². The number of para-hydroxylation sites is 1. The van der Waals surface area contributed by atoms with Crippen LogP contribution < -0.4 is 5.43 Å². The summed E-state index contributed by atoms with van der Waals surface area (Å²) in [6.45, 7) is 4.66. The van der Waals surface area contributed by atoms with Gasteiger partial charge in [0.05, 0.1) is 12.6 Å². The molecule has 1 aromatic heterocycles. The summed E-state index contributed by atoms with van der Waals surface area (Å²) in [5.74, 6) is -0.148. The average molecular weight is 464 g/mol. The van der Waals surface area contributed by atoms with E-state index in [2.05, 4.69) is 27.2 Å². The zero-order valence-electron chi connectivity index (χ0n) is 17.9. The molecule has 0 radical (unpaired) electrons. The maximum atomic E-state index is 12.4. The second-order valence-electron chi connectivity index (χ2n) is 7.87. The van der Waals surface area contributed by atoms with Crippen LogP contribution in [0.3, 0.4) is 0 Å². The van der Waals surface area contributed by atoms with Crippen molar-refractivity contribution in [3.63, 3.8) is 0 Å². The van der Waals surface area contributed by atoms with E-state index in [-0.39, 0.29) is 5.91 Å². The van der Waals surface area contributed by atoms with Crippen LogP contribution in [-0.4, -0.2) is 16.7 Å². The van der Waals surface area contributed by atoms with Crippen LogP contribution in [0, 0.1) is 13.8 Å². The van der Waals surface area contributed by atoms with Crippen molar-refractivity contribution < 1.29 is 4.79 Å². The number of hydrogen-bond donors (Lipinski definition) is 1. The van der Waals surface area contributed by atoms with E-state index in [1.54, 1.807) is 12.3 Å². The summed E-state index contributed by atoms with van der Waals surface area (Å²) in [7, 11) is 0. The number of nitrogens with one attached hydrogen (secondary N) is 1. The fraction of sp³-hybridized carbons (Fsp3) is 0.154. The van der Waals surface area contributed by atoms with E-state index in [4.69, 9.17) is 23.2 Å². The number of hydrazone groups is 1. The van der Waals surface area contributed by atoms with Gasteiger partial charge in [0.15, 0.2) is 0 Å². The van der Waals surface area contributed by atoms with Gasteiger partial charge < -0.3 is 4.57 Å². The normalized spacial score (nSPS) is 11.4. The molecule has 32 heavy (non-hydrogen) atoms. The summed E-state index contributed by atoms with van der Waals surface area (Å²) in [6.07, 6.45) is 3.98. The molecule has 0 aliphatic carbocycles. The molecule has 4 rings (SSSR count). The standard InChI is InChI=1S/C26H23Cl2N3O/c1-17-7-8-19(18(2)11-17)12-26(32)30-29-14-21-16-31(25-6-4-3-5-23(21)25)15-20-9-10-22(27)13-24(20)28/h3-11,13-14,16H,12,15H2,1-2H3,(H,30,32)/b29-14+. The van der Waals surface area contributed by atoms with Crippen LogP contribution in [0.2, 0.25) is 10.0 Å². The highest BCUT2D eigenvalue weighted by Crippen LogP contribution is 2.25. The summed E-state index contributed by atoms with van der Waals surface area (Å²) >= 11 is 12.4. The fourth-order valence-electron chi connectivity index (χ4n) is 3.77.